The summed E-state index contributed by atoms with van der Waals surface area (Å²) in [6.07, 6.45) is 1.13. The SMILES string of the molecule is CC(C)N1c2ccc(CC(=O)O)cc2CC1C. The fraction of sp³-hybridized carbons (Fsp3) is 0.500. The fourth-order valence-corrected chi connectivity index (χ4v) is 2.78. The lowest BCUT2D eigenvalue weighted by Crippen LogP contribution is -2.35. The molecular weight excluding hydrogens is 214 g/mol. The van der Waals surface area contributed by atoms with E-state index >= 15 is 0 Å². The van der Waals surface area contributed by atoms with Gasteiger partial charge >= 0.3 is 5.97 Å². The van der Waals surface area contributed by atoms with Crippen molar-refractivity contribution in [1.29, 1.82) is 0 Å². The summed E-state index contributed by atoms with van der Waals surface area (Å²) in [4.78, 5) is 13.1. The van der Waals surface area contributed by atoms with Gasteiger partial charge in [-0.25, -0.2) is 0 Å². The number of benzene rings is 1. The molecule has 17 heavy (non-hydrogen) atoms. The number of hydrogen-bond acceptors (Lipinski definition) is 2. The van der Waals surface area contributed by atoms with E-state index in [1.807, 2.05) is 12.1 Å². The third-order valence-corrected chi connectivity index (χ3v) is 3.32. The van der Waals surface area contributed by atoms with Crippen molar-refractivity contribution in [2.45, 2.75) is 45.7 Å². The number of rotatable bonds is 3. The molecule has 3 nitrogen and oxygen atoms in total. The first-order chi connectivity index (χ1) is 7.99. The van der Waals surface area contributed by atoms with Gasteiger partial charge in [0, 0.05) is 17.8 Å². The second-order valence-electron chi connectivity index (χ2n) is 5.09. The largest absolute Gasteiger partial charge is 0.481 e. The van der Waals surface area contributed by atoms with Crippen LogP contribution >= 0.6 is 0 Å². The maximum absolute atomic E-state index is 10.7. The van der Waals surface area contributed by atoms with Crippen LogP contribution < -0.4 is 4.90 Å². The number of carboxylic acids is 1. The molecule has 0 aromatic heterocycles. The maximum atomic E-state index is 10.7. The Balaban J connectivity index is 2.31. The van der Waals surface area contributed by atoms with Crippen LogP contribution in [0.3, 0.4) is 0 Å². The van der Waals surface area contributed by atoms with E-state index in [0.29, 0.717) is 12.1 Å². The van der Waals surface area contributed by atoms with E-state index in [0.717, 1.165) is 12.0 Å². The lowest BCUT2D eigenvalue weighted by atomic mass is 10.1. The molecule has 1 atom stereocenters. The van der Waals surface area contributed by atoms with E-state index in [4.69, 9.17) is 5.11 Å². The highest BCUT2D eigenvalue weighted by Gasteiger charge is 2.27. The van der Waals surface area contributed by atoms with Gasteiger partial charge in [-0.1, -0.05) is 12.1 Å². The minimum Gasteiger partial charge on any atom is -0.481 e. The molecule has 1 aliphatic heterocycles. The molecule has 92 valence electrons. The van der Waals surface area contributed by atoms with E-state index in [1.54, 1.807) is 0 Å². The molecule has 0 saturated heterocycles. The van der Waals surface area contributed by atoms with Crippen LogP contribution in [0.25, 0.3) is 0 Å². The van der Waals surface area contributed by atoms with Gasteiger partial charge in [-0.05, 0) is 44.4 Å². The minimum absolute atomic E-state index is 0.114. The molecule has 3 heteroatoms. The van der Waals surface area contributed by atoms with Gasteiger partial charge in [-0.3, -0.25) is 4.79 Å². The monoisotopic (exact) mass is 233 g/mol. The molecule has 1 unspecified atom stereocenters. The normalized spacial score (nSPS) is 18.6. The molecule has 0 bridgehead atoms. The summed E-state index contributed by atoms with van der Waals surface area (Å²) in [7, 11) is 0. The standard InChI is InChI=1S/C14H19NO2/c1-9(2)15-10(3)6-12-7-11(8-14(16)17)4-5-13(12)15/h4-5,7,9-10H,6,8H2,1-3H3,(H,16,17). The first-order valence-electron chi connectivity index (χ1n) is 6.11. The molecule has 0 fully saturated rings. The van der Waals surface area contributed by atoms with Crippen molar-refractivity contribution in [3.63, 3.8) is 0 Å². The van der Waals surface area contributed by atoms with E-state index in [1.165, 1.54) is 11.3 Å². The molecule has 0 spiro atoms. The zero-order valence-electron chi connectivity index (χ0n) is 10.6. The van der Waals surface area contributed by atoms with Crippen molar-refractivity contribution in [2.75, 3.05) is 4.90 Å². The molecule has 0 saturated carbocycles. The van der Waals surface area contributed by atoms with E-state index in [9.17, 15) is 4.79 Å². The Morgan fingerprint density at radius 3 is 2.82 bits per heavy atom. The van der Waals surface area contributed by atoms with Crippen LogP contribution in [-0.4, -0.2) is 23.2 Å². The number of aliphatic carboxylic acids is 1. The Morgan fingerprint density at radius 2 is 2.24 bits per heavy atom. The molecule has 1 heterocycles. The summed E-state index contributed by atoms with van der Waals surface area (Å²) in [6, 6.07) is 7.03. The Morgan fingerprint density at radius 1 is 1.53 bits per heavy atom. The van der Waals surface area contributed by atoms with Gasteiger partial charge in [-0.15, -0.1) is 0 Å². The summed E-state index contributed by atoms with van der Waals surface area (Å²) in [5.74, 6) is -0.767. The van der Waals surface area contributed by atoms with Gasteiger partial charge in [0.1, 0.15) is 0 Å². The van der Waals surface area contributed by atoms with Crippen molar-refractivity contribution >= 4 is 11.7 Å². The molecule has 1 aliphatic rings. The first-order valence-corrected chi connectivity index (χ1v) is 6.11. The van der Waals surface area contributed by atoms with Crippen molar-refractivity contribution < 1.29 is 9.90 Å². The van der Waals surface area contributed by atoms with Crippen LogP contribution in [0.1, 0.15) is 31.9 Å². The quantitative estimate of drug-likeness (QED) is 0.872. The lowest BCUT2D eigenvalue weighted by Gasteiger charge is -2.29. The molecule has 0 aliphatic carbocycles. The highest BCUT2D eigenvalue weighted by molar-refractivity contribution is 5.71. The number of carboxylic acid groups (broad SMARTS) is 1. The van der Waals surface area contributed by atoms with Gasteiger partial charge in [0.25, 0.3) is 0 Å². The Hall–Kier alpha value is -1.51. The van der Waals surface area contributed by atoms with E-state index < -0.39 is 5.97 Å². The number of nitrogens with zero attached hydrogens (tertiary/aromatic N) is 1. The zero-order chi connectivity index (χ0) is 12.6. The average Bonchev–Trinajstić information content (AvgIpc) is 2.51. The van der Waals surface area contributed by atoms with Crippen LogP contribution in [0.15, 0.2) is 18.2 Å². The van der Waals surface area contributed by atoms with Crippen molar-refractivity contribution in [2.24, 2.45) is 0 Å². The molecule has 2 rings (SSSR count). The molecule has 1 aromatic carbocycles. The number of anilines is 1. The predicted molar refractivity (Wildman–Crippen MR) is 68.6 cm³/mol. The average molecular weight is 233 g/mol. The van der Waals surface area contributed by atoms with Crippen LogP contribution in [-0.2, 0) is 17.6 Å². The fourth-order valence-electron chi connectivity index (χ4n) is 2.78. The third kappa shape index (κ3) is 2.28. The van der Waals surface area contributed by atoms with Gasteiger partial charge in [0.2, 0.25) is 0 Å². The maximum Gasteiger partial charge on any atom is 0.307 e. The summed E-state index contributed by atoms with van der Waals surface area (Å²) in [5, 5.41) is 8.80. The van der Waals surface area contributed by atoms with Gasteiger partial charge in [0.05, 0.1) is 6.42 Å². The number of carbonyl (C=O) groups is 1. The molecule has 1 aromatic rings. The second kappa shape index (κ2) is 4.40. The van der Waals surface area contributed by atoms with Crippen LogP contribution in [0.4, 0.5) is 5.69 Å². The summed E-state index contributed by atoms with van der Waals surface area (Å²) < 4.78 is 0. The summed E-state index contributed by atoms with van der Waals surface area (Å²) in [6.45, 7) is 6.60. The predicted octanol–water partition coefficient (Wildman–Crippen LogP) is 2.47. The first kappa shape index (κ1) is 12.0. The van der Waals surface area contributed by atoms with Gasteiger partial charge in [0.15, 0.2) is 0 Å². The molecule has 0 amide bonds. The van der Waals surface area contributed by atoms with Crippen molar-refractivity contribution in [1.82, 2.24) is 0 Å². The van der Waals surface area contributed by atoms with Crippen LogP contribution in [0.5, 0.6) is 0 Å². The highest BCUT2D eigenvalue weighted by atomic mass is 16.4. The third-order valence-electron chi connectivity index (χ3n) is 3.32. The summed E-state index contributed by atoms with van der Waals surface area (Å²) >= 11 is 0. The minimum atomic E-state index is -0.767. The lowest BCUT2D eigenvalue weighted by molar-refractivity contribution is -0.136. The van der Waals surface area contributed by atoms with Crippen LogP contribution in [0, 0.1) is 0 Å². The molecule has 0 radical (unpaired) electrons. The van der Waals surface area contributed by atoms with Gasteiger partial charge < -0.3 is 10.0 Å². The van der Waals surface area contributed by atoms with E-state index in [2.05, 4.69) is 31.7 Å². The number of hydrogen-bond donors (Lipinski definition) is 1. The molecular formula is C14H19NO2. The second-order valence-corrected chi connectivity index (χ2v) is 5.09. The Kier molecular flexibility index (Phi) is 3.09. The van der Waals surface area contributed by atoms with Crippen LogP contribution in [0.2, 0.25) is 0 Å². The van der Waals surface area contributed by atoms with Crippen molar-refractivity contribution in [3.8, 4) is 0 Å². The number of fused-ring (bicyclic) bond motifs is 1. The topological polar surface area (TPSA) is 40.5 Å². The highest BCUT2D eigenvalue weighted by Crippen LogP contribution is 2.34. The smallest absolute Gasteiger partial charge is 0.307 e. The zero-order valence-corrected chi connectivity index (χ0v) is 10.6. The Bertz CT molecular complexity index is 440. The summed E-state index contributed by atoms with van der Waals surface area (Å²) in [5.41, 5.74) is 3.45. The van der Waals surface area contributed by atoms with Gasteiger partial charge in [-0.2, -0.15) is 0 Å². The molecule has 1 N–H and O–H groups in total. The van der Waals surface area contributed by atoms with E-state index in [-0.39, 0.29) is 6.42 Å². The van der Waals surface area contributed by atoms with Crippen molar-refractivity contribution in [3.05, 3.63) is 29.3 Å². The Labute approximate surface area is 102 Å².